The number of halogens is 6. The Morgan fingerprint density at radius 3 is 2.42 bits per heavy atom. The minimum atomic E-state index is -4.94. The maximum Gasteiger partial charge on any atom is 0.573 e. The van der Waals surface area contributed by atoms with Crippen molar-refractivity contribution in [2.75, 3.05) is 5.33 Å². The predicted octanol–water partition coefficient (Wildman–Crippen LogP) is 4.49. The monoisotopic (exact) mass is 346 g/mol. The van der Waals surface area contributed by atoms with Gasteiger partial charge >= 0.3 is 6.36 Å². The molecule has 0 aliphatic carbocycles. The second-order valence-corrected chi connectivity index (χ2v) is 4.25. The molecule has 1 aromatic rings. The summed E-state index contributed by atoms with van der Waals surface area (Å²) in [5.41, 5.74) is -1.07. The summed E-state index contributed by atoms with van der Waals surface area (Å²) in [6, 6.07) is 2.19. The number of benzene rings is 1. The van der Waals surface area contributed by atoms with E-state index in [1.165, 1.54) is 0 Å². The summed E-state index contributed by atoms with van der Waals surface area (Å²) in [7, 11) is 0. The molecule has 0 aliphatic heterocycles. The van der Waals surface area contributed by atoms with Crippen molar-refractivity contribution in [2.45, 2.75) is 19.2 Å². The minimum Gasteiger partial charge on any atom is -0.406 e. The summed E-state index contributed by atoms with van der Waals surface area (Å²) in [5, 5.41) is 0.221. The smallest absolute Gasteiger partial charge is 0.406 e. The summed E-state index contributed by atoms with van der Waals surface area (Å²) < 4.78 is 65.0. The molecule has 1 rings (SSSR count). The first kappa shape index (κ1) is 15.9. The SMILES string of the molecule is O=C(CCBr)c1cc(OC(F)(F)F)ccc1C(F)F. The zero-order chi connectivity index (χ0) is 14.6. The molecule has 2 nitrogen and oxygen atoms in total. The Balaban J connectivity index is 3.15. The summed E-state index contributed by atoms with van der Waals surface area (Å²) >= 11 is 2.96. The highest BCUT2D eigenvalue weighted by Gasteiger charge is 2.31. The molecule has 0 unspecified atom stereocenters. The van der Waals surface area contributed by atoms with Crippen molar-refractivity contribution >= 4 is 21.7 Å². The number of ketones is 1. The number of hydrogen-bond donors (Lipinski definition) is 0. The van der Waals surface area contributed by atoms with E-state index in [1.54, 1.807) is 0 Å². The zero-order valence-corrected chi connectivity index (χ0v) is 10.9. The van der Waals surface area contributed by atoms with Gasteiger partial charge in [0.05, 0.1) is 0 Å². The molecule has 0 amide bonds. The third kappa shape index (κ3) is 4.77. The van der Waals surface area contributed by atoms with E-state index >= 15 is 0 Å². The van der Waals surface area contributed by atoms with Crippen LogP contribution in [-0.2, 0) is 0 Å². The third-order valence-corrected chi connectivity index (χ3v) is 2.51. The maximum absolute atomic E-state index is 12.7. The Bertz CT molecular complexity index is 459. The van der Waals surface area contributed by atoms with Crippen LogP contribution in [0.4, 0.5) is 22.0 Å². The highest BCUT2D eigenvalue weighted by Crippen LogP contribution is 2.30. The number of alkyl halides is 6. The summed E-state index contributed by atoms with van der Waals surface area (Å²) in [5.74, 6) is -1.38. The highest BCUT2D eigenvalue weighted by atomic mass is 79.9. The van der Waals surface area contributed by atoms with Crippen LogP contribution in [0.5, 0.6) is 5.75 Å². The molecule has 0 fully saturated rings. The summed E-state index contributed by atoms with van der Waals surface area (Å²) in [4.78, 5) is 11.6. The first-order valence-corrected chi connectivity index (χ1v) is 6.13. The van der Waals surface area contributed by atoms with Crippen molar-refractivity contribution in [2.24, 2.45) is 0 Å². The van der Waals surface area contributed by atoms with Crippen LogP contribution >= 0.6 is 15.9 Å². The molecule has 0 heterocycles. The van der Waals surface area contributed by atoms with Crippen LogP contribution in [0, 0.1) is 0 Å². The molecule has 19 heavy (non-hydrogen) atoms. The lowest BCUT2D eigenvalue weighted by Gasteiger charge is -2.12. The van der Waals surface area contributed by atoms with Gasteiger partial charge in [-0.05, 0) is 18.2 Å². The van der Waals surface area contributed by atoms with Crippen molar-refractivity contribution in [1.82, 2.24) is 0 Å². The van der Waals surface area contributed by atoms with Gasteiger partial charge in [-0.2, -0.15) is 0 Å². The van der Waals surface area contributed by atoms with Crippen LogP contribution in [0.3, 0.4) is 0 Å². The number of rotatable bonds is 5. The second kappa shape index (κ2) is 6.31. The fraction of sp³-hybridized carbons (Fsp3) is 0.364. The molecule has 0 radical (unpaired) electrons. The topological polar surface area (TPSA) is 26.3 Å². The first-order chi connectivity index (χ1) is 8.74. The van der Waals surface area contributed by atoms with Gasteiger partial charge in [0.15, 0.2) is 5.78 Å². The molecule has 0 spiro atoms. The van der Waals surface area contributed by atoms with Gasteiger partial charge in [-0.3, -0.25) is 4.79 Å². The summed E-state index contributed by atoms with van der Waals surface area (Å²) in [6.07, 6.45) is -7.99. The largest absolute Gasteiger partial charge is 0.573 e. The molecule has 0 bridgehead atoms. The molecule has 0 aliphatic rings. The number of carbonyl (C=O) groups is 1. The lowest BCUT2D eigenvalue weighted by molar-refractivity contribution is -0.274. The van der Waals surface area contributed by atoms with Crippen molar-refractivity contribution in [3.8, 4) is 5.75 Å². The zero-order valence-electron chi connectivity index (χ0n) is 9.31. The van der Waals surface area contributed by atoms with Gasteiger partial charge in [0, 0.05) is 22.9 Å². The number of carbonyl (C=O) groups excluding carboxylic acids is 1. The third-order valence-electron chi connectivity index (χ3n) is 2.12. The number of hydrogen-bond acceptors (Lipinski definition) is 2. The predicted molar refractivity (Wildman–Crippen MR) is 60.8 cm³/mol. The number of Topliss-reactive ketones (excluding diaryl/α,β-unsaturated/α-hetero) is 1. The average molecular weight is 347 g/mol. The molecule has 0 aromatic heterocycles. The molecule has 0 N–H and O–H groups in total. The molecule has 8 heteroatoms. The van der Waals surface area contributed by atoms with Crippen molar-refractivity contribution in [3.05, 3.63) is 29.3 Å². The Labute approximate surface area is 113 Å². The molecule has 106 valence electrons. The van der Waals surface area contributed by atoms with Crippen LogP contribution in [0.1, 0.15) is 28.8 Å². The van der Waals surface area contributed by atoms with Crippen molar-refractivity contribution in [3.63, 3.8) is 0 Å². The molecular formula is C11H8BrF5O2. The van der Waals surface area contributed by atoms with Crippen LogP contribution in [0.25, 0.3) is 0 Å². The van der Waals surface area contributed by atoms with E-state index in [0.29, 0.717) is 6.07 Å². The lowest BCUT2D eigenvalue weighted by Crippen LogP contribution is -2.17. The molecule has 0 atom stereocenters. The van der Waals surface area contributed by atoms with Gasteiger partial charge in [0.1, 0.15) is 5.75 Å². The van der Waals surface area contributed by atoms with E-state index in [9.17, 15) is 26.7 Å². The normalized spacial score (nSPS) is 11.7. The Kier molecular flexibility index (Phi) is 5.28. The van der Waals surface area contributed by atoms with Gasteiger partial charge in [-0.15, -0.1) is 13.2 Å². The van der Waals surface area contributed by atoms with E-state index in [1.807, 2.05) is 0 Å². The van der Waals surface area contributed by atoms with Crippen LogP contribution in [0.2, 0.25) is 0 Å². The van der Waals surface area contributed by atoms with Gasteiger partial charge < -0.3 is 4.74 Å². The van der Waals surface area contributed by atoms with Gasteiger partial charge in [-0.1, -0.05) is 15.9 Å². The minimum absolute atomic E-state index is 0.102. The van der Waals surface area contributed by atoms with E-state index in [0.717, 1.165) is 12.1 Å². The maximum atomic E-state index is 12.7. The Hall–Kier alpha value is -1.18. The standard InChI is InChI=1S/C11H8BrF5O2/c12-4-3-9(18)8-5-6(19-11(15,16)17)1-2-7(8)10(13)14/h1-2,5,10H,3-4H2. The van der Waals surface area contributed by atoms with Crippen LogP contribution in [-0.4, -0.2) is 17.5 Å². The molecule has 1 aromatic carbocycles. The quantitative estimate of drug-likeness (QED) is 0.446. The summed E-state index contributed by atoms with van der Waals surface area (Å²) in [6.45, 7) is 0. The first-order valence-electron chi connectivity index (χ1n) is 5.01. The highest BCUT2D eigenvalue weighted by molar-refractivity contribution is 9.09. The van der Waals surface area contributed by atoms with E-state index in [2.05, 4.69) is 20.7 Å². The van der Waals surface area contributed by atoms with E-state index in [4.69, 9.17) is 0 Å². The van der Waals surface area contributed by atoms with Gasteiger partial charge in [0.25, 0.3) is 6.43 Å². The number of ether oxygens (including phenoxy) is 1. The van der Waals surface area contributed by atoms with E-state index < -0.39 is 35.4 Å². The Morgan fingerprint density at radius 1 is 1.32 bits per heavy atom. The van der Waals surface area contributed by atoms with Gasteiger partial charge in [-0.25, -0.2) is 8.78 Å². The fourth-order valence-electron chi connectivity index (χ4n) is 1.38. The van der Waals surface area contributed by atoms with Gasteiger partial charge in [0.2, 0.25) is 0 Å². The average Bonchev–Trinajstić information content (AvgIpc) is 2.26. The molecule has 0 saturated carbocycles. The van der Waals surface area contributed by atoms with Crippen molar-refractivity contribution in [1.29, 1.82) is 0 Å². The van der Waals surface area contributed by atoms with Crippen LogP contribution < -0.4 is 4.74 Å². The lowest BCUT2D eigenvalue weighted by atomic mass is 10.0. The van der Waals surface area contributed by atoms with E-state index in [-0.39, 0.29) is 11.8 Å². The molecular weight excluding hydrogens is 339 g/mol. The Morgan fingerprint density at radius 2 is 1.95 bits per heavy atom. The van der Waals surface area contributed by atoms with Crippen LogP contribution in [0.15, 0.2) is 18.2 Å². The second-order valence-electron chi connectivity index (χ2n) is 3.46. The fourth-order valence-corrected chi connectivity index (χ4v) is 1.74. The van der Waals surface area contributed by atoms with Crippen molar-refractivity contribution < 1.29 is 31.5 Å². The molecule has 0 saturated heterocycles.